The minimum absolute atomic E-state index is 0.0587. The molecule has 5 rings (SSSR count). The second kappa shape index (κ2) is 16.8. The van der Waals surface area contributed by atoms with Gasteiger partial charge in [-0.25, -0.2) is 4.79 Å². The van der Waals surface area contributed by atoms with E-state index in [-0.39, 0.29) is 11.6 Å². The number of nitriles is 1. The molecule has 0 saturated carbocycles. The summed E-state index contributed by atoms with van der Waals surface area (Å²) in [4.78, 5) is 57.9. The minimum atomic E-state index is -0.623. The van der Waals surface area contributed by atoms with Gasteiger partial charge in [0.15, 0.2) is 0 Å². The topological polar surface area (TPSA) is 144 Å². The Morgan fingerprint density at radius 3 is 2.38 bits per heavy atom. The van der Waals surface area contributed by atoms with E-state index < -0.39 is 28.8 Å². The van der Waals surface area contributed by atoms with Crippen molar-refractivity contribution in [2.24, 2.45) is 0 Å². The average molecular weight is 751 g/mol. The van der Waals surface area contributed by atoms with Crippen LogP contribution in [0.5, 0.6) is 0 Å². The van der Waals surface area contributed by atoms with Crippen LogP contribution in [0.15, 0.2) is 89.5 Å². The monoisotopic (exact) mass is 750 g/mol. The Bertz CT molecular complexity index is 2060. The third kappa shape index (κ3) is 10.3. The molecule has 1 aliphatic rings. The fraction of sp³-hybridized carbons (Fsp3) is 0.275. The normalized spacial score (nSPS) is 13.2. The minimum Gasteiger partial charge on any atom is -0.444 e. The zero-order valence-electron chi connectivity index (χ0n) is 30.5. The summed E-state index contributed by atoms with van der Waals surface area (Å²) in [7, 11) is 3.88. The van der Waals surface area contributed by atoms with E-state index in [1.165, 1.54) is 23.1 Å². The second-order valence-electron chi connectivity index (χ2n) is 13.6. The van der Waals surface area contributed by atoms with Gasteiger partial charge in [0.1, 0.15) is 22.4 Å². The van der Waals surface area contributed by atoms with Gasteiger partial charge in [0.2, 0.25) is 5.91 Å². The lowest BCUT2D eigenvalue weighted by Crippen LogP contribution is -2.39. The van der Waals surface area contributed by atoms with Crippen LogP contribution in [0.2, 0.25) is 0 Å². The lowest BCUT2D eigenvalue weighted by molar-refractivity contribution is -0.115. The number of nitrogens with zero attached hydrogens (tertiary/aromatic N) is 3. The first-order valence-corrected chi connectivity index (χ1v) is 18.7. The molecule has 3 aromatic carbocycles. The molecule has 2 heterocycles. The maximum absolute atomic E-state index is 13.6. The van der Waals surface area contributed by atoms with E-state index in [1.807, 2.05) is 76.2 Å². The van der Waals surface area contributed by atoms with E-state index in [0.717, 1.165) is 26.6 Å². The van der Waals surface area contributed by atoms with Crippen molar-refractivity contribution in [1.29, 1.82) is 5.26 Å². The Hall–Kier alpha value is -5.58. The predicted molar refractivity (Wildman–Crippen MR) is 211 cm³/mol. The summed E-state index contributed by atoms with van der Waals surface area (Å²) in [5, 5.41) is 18.4. The summed E-state index contributed by atoms with van der Waals surface area (Å²) in [5.41, 5.74) is 3.30. The Kier molecular flexibility index (Phi) is 12.3. The highest BCUT2D eigenvalue weighted by atomic mass is 32.2. The summed E-state index contributed by atoms with van der Waals surface area (Å²) in [6.07, 6.45) is 1.69. The first kappa shape index (κ1) is 38.6. The summed E-state index contributed by atoms with van der Waals surface area (Å²) in [5.74, 6) is -1.24. The van der Waals surface area contributed by atoms with Gasteiger partial charge in [0.05, 0.1) is 17.4 Å². The molecule has 4 amide bonds. The standard InChI is InChI=1S/C40H42N6O5S2/c1-25(35(47)44-38-32(23-41)31-19-20-46(24-34(31)53-38)39(50)51-40(2,3)4)52-30-14-10-13-28(22-30)42-37(49)33(43-36(48)27-11-8-7-9-12-27)21-26-15-17-29(18-16-26)45(5)6/h7-18,21-22,25H,19-20,24H2,1-6H3,(H,42,49)(H,43,48)(H,44,47)/b33-21+. The molecule has 0 spiro atoms. The highest BCUT2D eigenvalue weighted by Crippen LogP contribution is 2.38. The van der Waals surface area contributed by atoms with Gasteiger partial charge in [-0.1, -0.05) is 36.4 Å². The van der Waals surface area contributed by atoms with Crippen molar-refractivity contribution in [1.82, 2.24) is 10.2 Å². The molecular weight excluding hydrogens is 709 g/mol. The van der Waals surface area contributed by atoms with Crippen molar-refractivity contribution >= 4 is 69.4 Å². The molecule has 1 atom stereocenters. The number of anilines is 3. The number of ether oxygens (including phenoxy) is 1. The molecule has 0 bridgehead atoms. The fourth-order valence-corrected chi connectivity index (χ4v) is 7.53. The van der Waals surface area contributed by atoms with Gasteiger partial charge < -0.3 is 30.5 Å². The quantitative estimate of drug-likeness (QED) is 0.112. The number of hydrogen-bond donors (Lipinski definition) is 3. The fourth-order valence-electron chi connectivity index (χ4n) is 5.39. The molecule has 1 aromatic heterocycles. The molecule has 4 aromatic rings. The van der Waals surface area contributed by atoms with Gasteiger partial charge in [0, 0.05) is 47.4 Å². The van der Waals surface area contributed by atoms with Crippen molar-refractivity contribution < 1.29 is 23.9 Å². The number of benzene rings is 3. The van der Waals surface area contributed by atoms with Gasteiger partial charge >= 0.3 is 6.09 Å². The highest BCUT2D eigenvalue weighted by Gasteiger charge is 2.30. The third-order valence-corrected chi connectivity index (χ3v) is 10.3. The first-order valence-electron chi connectivity index (χ1n) is 17.0. The average Bonchev–Trinajstić information content (AvgIpc) is 3.47. The van der Waals surface area contributed by atoms with Crippen LogP contribution < -0.4 is 20.9 Å². The van der Waals surface area contributed by atoms with E-state index in [9.17, 15) is 24.4 Å². The van der Waals surface area contributed by atoms with E-state index in [1.54, 1.807) is 60.4 Å². The van der Waals surface area contributed by atoms with Crippen molar-refractivity contribution in [3.05, 3.63) is 112 Å². The number of nitrogens with one attached hydrogen (secondary N) is 3. The Balaban J connectivity index is 1.26. The van der Waals surface area contributed by atoms with Crippen LogP contribution in [0.25, 0.3) is 6.08 Å². The molecule has 0 saturated heterocycles. The van der Waals surface area contributed by atoms with Gasteiger partial charge in [-0.15, -0.1) is 23.1 Å². The summed E-state index contributed by atoms with van der Waals surface area (Å²) in [6, 6.07) is 25.5. The number of thiophene rings is 1. The van der Waals surface area contributed by atoms with Crippen LogP contribution in [0.3, 0.4) is 0 Å². The van der Waals surface area contributed by atoms with Crippen molar-refractivity contribution in [3.63, 3.8) is 0 Å². The number of carbonyl (C=O) groups excluding carboxylic acids is 4. The molecule has 0 radical (unpaired) electrons. The Morgan fingerprint density at radius 1 is 1.00 bits per heavy atom. The van der Waals surface area contributed by atoms with E-state index >= 15 is 0 Å². The SMILES string of the molecule is CC(Sc1cccc(NC(=O)/C(=C\c2ccc(N(C)C)cc2)NC(=O)c2ccccc2)c1)C(=O)Nc1sc2c(c1C#N)CCN(C(=O)OC(C)(C)C)C2. The number of rotatable bonds is 10. The van der Waals surface area contributed by atoms with E-state index in [4.69, 9.17) is 4.74 Å². The Labute approximate surface area is 318 Å². The molecule has 11 nitrogen and oxygen atoms in total. The lowest BCUT2D eigenvalue weighted by Gasteiger charge is -2.29. The van der Waals surface area contributed by atoms with E-state index in [0.29, 0.717) is 41.3 Å². The smallest absolute Gasteiger partial charge is 0.410 e. The van der Waals surface area contributed by atoms with Crippen LogP contribution in [-0.4, -0.2) is 60.2 Å². The molecule has 0 aliphatic carbocycles. The summed E-state index contributed by atoms with van der Waals surface area (Å²) in [6.45, 7) is 7.92. The predicted octanol–water partition coefficient (Wildman–Crippen LogP) is 7.51. The van der Waals surface area contributed by atoms with Gasteiger partial charge in [-0.3, -0.25) is 14.4 Å². The van der Waals surface area contributed by atoms with Crippen LogP contribution in [0, 0.1) is 11.3 Å². The molecule has 1 unspecified atom stereocenters. The van der Waals surface area contributed by atoms with Crippen molar-refractivity contribution in [3.8, 4) is 6.07 Å². The zero-order chi connectivity index (χ0) is 38.3. The molecule has 13 heteroatoms. The van der Waals surface area contributed by atoms with Crippen LogP contribution in [0.1, 0.15) is 59.6 Å². The van der Waals surface area contributed by atoms with E-state index in [2.05, 4.69) is 22.0 Å². The summed E-state index contributed by atoms with van der Waals surface area (Å²) >= 11 is 2.59. The zero-order valence-corrected chi connectivity index (χ0v) is 32.1. The number of carbonyl (C=O) groups is 4. The highest BCUT2D eigenvalue weighted by molar-refractivity contribution is 8.00. The largest absolute Gasteiger partial charge is 0.444 e. The molecule has 274 valence electrons. The number of thioether (sulfide) groups is 1. The number of fused-ring (bicyclic) bond motifs is 1. The molecule has 3 N–H and O–H groups in total. The molecule has 53 heavy (non-hydrogen) atoms. The second-order valence-corrected chi connectivity index (χ2v) is 16.1. The van der Waals surface area contributed by atoms with Crippen molar-refractivity contribution in [2.75, 3.05) is 36.2 Å². The number of hydrogen-bond acceptors (Lipinski definition) is 9. The Morgan fingerprint density at radius 2 is 1.72 bits per heavy atom. The van der Waals surface area contributed by atoms with Crippen molar-refractivity contribution in [2.45, 2.75) is 56.4 Å². The number of amides is 4. The lowest BCUT2D eigenvalue weighted by atomic mass is 10.0. The van der Waals surface area contributed by atoms with Crippen LogP contribution in [0.4, 0.5) is 21.2 Å². The maximum Gasteiger partial charge on any atom is 0.410 e. The first-order chi connectivity index (χ1) is 25.2. The maximum atomic E-state index is 13.6. The molecular formula is C40H42N6O5S2. The summed E-state index contributed by atoms with van der Waals surface area (Å²) < 4.78 is 5.53. The van der Waals surface area contributed by atoms with Gasteiger partial charge in [-0.2, -0.15) is 5.26 Å². The van der Waals surface area contributed by atoms with Crippen LogP contribution >= 0.6 is 23.1 Å². The van der Waals surface area contributed by atoms with Gasteiger partial charge in [0.25, 0.3) is 11.8 Å². The molecule has 1 aliphatic heterocycles. The molecule has 0 fully saturated rings. The van der Waals surface area contributed by atoms with Gasteiger partial charge in [-0.05, 0) is 93.8 Å². The third-order valence-electron chi connectivity index (χ3n) is 8.08. The van der Waals surface area contributed by atoms with Crippen LogP contribution in [-0.2, 0) is 27.3 Å².